The summed E-state index contributed by atoms with van der Waals surface area (Å²) in [5.74, 6) is -0.609. The van der Waals surface area contributed by atoms with Gasteiger partial charge in [-0.25, -0.2) is 0 Å². The lowest BCUT2D eigenvalue weighted by atomic mass is 9.89. The number of ether oxygens (including phenoxy) is 1. The average molecular weight is 233 g/mol. The molecule has 1 heterocycles. The highest BCUT2D eigenvalue weighted by molar-refractivity contribution is 6.05. The topological polar surface area (TPSA) is 46.6 Å². The third-order valence-corrected chi connectivity index (χ3v) is 3.09. The monoisotopic (exact) mass is 233 g/mol. The summed E-state index contributed by atoms with van der Waals surface area (Å²) in [6.07, 6.45) is 0.147. The number of esters is 1. The Morgan fingerprint density at radius 3 is 2.88 bits per heavy atom. The van der Waals surface area contributed by atoms with E-state index >= 15 is 0 Å². The second kappa shape index (κ2) is 4.57. The molecule has 1 atom stereocenters. The zero-order chi connectivity index (χ0) is 12.4. The van der Waals surface area contributed by atoms with Gasteiger partial charge in [-0.2, -0.15) is 0 Å². The molecule has 1 aliphatic rings. The van der Waals surface area contributed by atoms with Gasteiger partial charge in [-0.1, -0.05) is 12.1 Å². The minimum Gasteiger partial charge on any atom is -0.469 e. The highest BCUT2D eigenvalue weighted by atomic mass is 16.5. The predicted octanol–water partition coefficient (Wildman–Crippen LogP) is 1.50. The van der Waals surface area contributed by atoms with Crippen molar-refractivity contribution in [3.05, 3.63) is 29.8 Å². The van der Waals surface area contributed by atoms with E-state index < -0.39 is 0 Å². The first-order chi connectivity index (χ1) is 8.13. The fourth-order valence-electron chi connectivity index (χ4n) is 2.19. The SMILES string of the molecule is COC(=O)C[C@@H]1CN(C)c2ccccc2C1=O. The zero-order valence-corrected chi connectivity index (χ0v) is 9.97. The fraction of sp³-hybridized carbons (Fsp3) is 0.385. The van der Waals surface area contributed by atoms with Gasteiger partial charge < -0.3 is 9.64 Å². The van der Waals surface area contributed by atoms with E-state index in [1.165, 1.54) is 7.11 Å². The third kappa shape index (κ3) is 2.16. The molecule has 4 heteroatoms. The number of hydrogen-bond donors (Lipinski definition) is 0. The van der Waals surface area contributed by atoms with Gasteiger partial charge in [0, 0.05) is 24.8 Å². The van der Waals surface area contributed by atoms with Crippen molar-refractivity contribution in [1.29, 1.82) is 0 Å². The number of hydrogen-bond acceptors (Lipinski definition) is 4. The Labute approximate surface area is 100 Å². The van der Waals surface area contributed by atoms with Crippen LogP contribution >= 0.6 is 0 Å². The van der Waals surface area contributed by atoms with Crippen LogP contribution in [0.15, 0.2) is 24.3 Å². The van der Waals surface area contributed by atoms with Crippen molar-refractivity contribution in [2.45, 2.75) is 6.42 Å². The van der Waals surface area contributed by atoms with Crippen molar-refractivity contribution in [2.24, 2.45) is 5.92 Å². The normalized spacial score (nSPS) is 18.8. The van der Waals surface area contributed by atoms with Crippen molar-refractivity contribution in [3.8, 4) is 0 Å². The van der Waals surface area contributed by atoms with Crippen molar-refractivity contribution >= 4 is 17.4 Å². The summed E-state index contributed by atoms with van der Waals surface area (Å²) in [5.41, 5.74) is 1.62. The summed E-state index contributed by atoms with van der Waals surface area (Å²) in [4.78, 5) is 25.4. The molecule has 2 rings (SSSR count). The number of nitrogens with zero attached hydrogens (tertiary/aromatic N) is 1. The van der Waals surface area contributed by atoms with Crippen LogP contribution in [0.4, 0.5) is 5.69 Å². The van der Waals surface area contributed by atoms with Gasteiger partial charge in [0.1, 0.15) is 0 Å². The summed E-state index contributed by atoms with van der Waals surface area (Å²) in [6, 6.07) is 7.47. The maximum Gasteiger partial charge on any atom is 0.306 e. The standard InChI is InChI=1S/C13H15NO3/c1-14-8-9(7-12(15)17-2)13(16)10-5-3-4-6-11(10)14/h3-6,9H,7-8H2,1-2H3/t9-/m1/s1. The van der Waals surface area contributed by atoms with E-state index in [0.29, 0.717) is 12.1 Å². The van der Waals surface area contributed by atoms with Crippen LogP contribution in [0.2, 0.25) is 0 Å². The van der Waals surface area contributed by atoms with Gasteiger partial charge in [-0.15, -0.1) is 0 Å². The molecule has 0 fully saturated rings. The smallest absolute Gasteiger partial charge is 0.306 e. The van der Waals surface area contributed by atoms with Crippen molar-refractivity contribution in [1.82, 2.24) is 0 Å². The first-order valence-corrected chi connectivity index (χ1v) is 5.54. The highest BCUT2D eigenvalue weighted by Crippen LogP contribution is 2.29. The van der Waals surface area contributed by atoms with Crippen LogP contribution in [0.25, 0.3) is 0 Å². The molecule has 1 aromatic rings. The summed E-state index contributed by atoms with van der Waals surface area (Å²) >= 11 is 0. The van der Waals surface area contributed by atoms with E-state index in [2.05, 4.69) is 4.74 Å². The lowest BCUT2D eigenvalue weighted by Crippen LogP contribution is -2.37. The second-order valence-corrected chi connectivity index (χ2v) is 4.24. The number of para-hydroxylation sites is 1. The number of Topliss-reactive ketones (excluding diaryl/α,β-unsaturated/α-hetero) is 1. The lowest BCUT2D eigenvalue weighted by molar-refractivity contribution is -0.141. The summed E-state index contributed by atoms with van der Waals surface area (Å²) in [5, 5.41) is 0. The molecule has 1 aromatic carbocycles. The molecule has 90 valence electrons. The molecule has 0 amide bonds. The Morgan fingerprint density at radius 1 is 1.47 bits per heavy atom. The maximum atomic E-state index is 12.2. The molecule has 4 nitrogen and oxygen atoms in total. The molecule has 0 unspecified atom stereocenters. The third-order valence-electron chi connectivity index (χ3n) is 3.09. The van der Waals surface area contributed by atoms with E-state index in [9.17, 15) is 9.59 Å². The van der Waals surface area contributed by atoms with Gasteiger partial charge in [0.2, 0.25) is 0 Å². The Balaban J connectivity index is 2.27. The highest BCUT2D eigenvalue weighted by Gasteiger charge is 2.31. The van der Waals surface area contributed by atoms with Gasteiger partial charge >= 0.3 is 5.97 Å². The number of anilines is 1. The summed E-state index contributed by atoms with van der Waals surface area (Å²) in [6.45, 7) is 0.560. The number of ketones is 1. The summed E-state index contributed by atoms with van der Waals surface area (Å²) < 4.78 is 4.61. The Morgan fingerprint density at radius 2 is 2.18 bits per heavy atom. The van der Waals surface area contributed by atoms with Crippen LogP contribution in [-0.2, 0) is 9.53 Å². The number of methoxy groups -OCH3 is 1. The number of carbonyl (C=O) groups excluding carboxylic acids is 2. The molecule has 0 N–H and O–H groups in total. The largest absolute Gasteiger partial charge is 0.469 e. The first-order valence-electron chi connectivity index (χ1n) is 5.54. The predicted molar refractivity (Wildman–Crippen MR) is 64.2 cm³/mol. The van der Waals surface area contributed by atoms with Gasteiger partial charge in [0.05, 0.1) is 19.4 Å². The minimum absolute atomic E-state index is 0.0316. The average Bonchev–Trinajstić information content (AvgIpc) is 2.35. The van der Waals surface area contributed by atoms with Crippen LogP contribution in [0.5, 0.6) is 0 Å². The summed E-state index contributed by atoms with van der Waals surface area (Å²) in [7, 11) is 3.27. The zero-order valence-electron chi connectivity index (χ0n) is 9.97. The van der Waals surface area contributed by atoms with E-state index in [-0.39, 0.29) is 24.1 Å². The number of rotatable bonds is 2. The van der Waals surface area contributed by atoms with Gasteiger partial charge in [0.25, 0.3) is 0 Å². The Bertz CT molecular complexity index is 456. The molecule has 0 saturated heterocycles. The van der Waals surface area contributed by atoms with E-state index in [4.69, 9.17) is 0 Å². The van der Waals surface area contributed by atoms with Crippen molar-refractivity contribution < 1.29 is 14.3 Å². The molecule has 0 bridgehead atoms. The molecule has 17 heavy (non-hydrogen) atoms. The number of benzene rings is 1. The van der Waals surface area contributed by atoms with Crippen LogP contribution in [-0.4, -0.2) is 32.5 Å². The number of carbonyl (C=O) groups is 2. The molecular weight excluding hydrogens is 218 g/mol. The molecular formula is C13H15NO3. The van der Waals surface area contributed by atoms with Crippen LogP contribution in [0, 0.1) is 5.92 Å². The minimum atomic E-state index is -0.337. The van der Waals surface area contributed by atoms with Gasteiger partial charge in [0.15, 0.2) is 5.78 Å². The van der Waals surface area contributed by atoms with Gasteiger partial charge in [-0.05, 0) is 12.1 Å². The Kier molecular flexibility index (Phi) is 3.13. The van der Waals surface area contributed by atoms with Crippen molar-refractivity contribution in [2.75, 3.05) is 25.6 Å². The molecule has 0 aliphatic carbocycles. The van der Waals surface area contributed by atoms with Crippen LogP contribution in [0.1, 0.15) is 16.8 Å². The molecule has 1 aliphatic heterocycles. The quantitative estimate of drug-likeness (QED) is 0.726. The van der Waals surface area contributed by atoms with Gasteiger partial charge in [-0.3, -0.25) is 9.59 Å². The van der Waals surface area contributed by atoms with Crippen molar-refractivity contribution in [3.63, 3.8) is 0 Å². The van der Waals surface area contributed by atoms with Crippen LogP contribution < -0.4 is 4.90 Å². The lowest BCUT2D eigenvalue weighted by Gasteiger charge is -2.31. The van der Waals surface area contributed by atoms with Crippen LogP contribution in [0.3, 0.4) is 0 Å². The molecule has 0 aromatic heterocycles. The molecule has 0 saturated carbocycles. The van der Waals surface area contributed by atoms with E-state index in [0.717, 1.165) is 5.69 Å². The second-order valence-electron chi connectivity index (χ2n) is 4.24. The fourth-order valence-corrected chi connectivity index (χ4v) is 2.19. The first kappa shape index (κ1) is 11.6. The molecule has 0 radical (unpaired) electrons. The van der Waals surface area contributed by atoms with E-state index in [1.807, 2.05) is 30.1 Å². The number of fused-ring (bicyclic) bond motifs is 1. The molecule has 0 spiro atoms. The maximum absolute atomic E-state index is 12.2. The Hall–Kier alpha value is -1.84. The van der Waals surface area contributed by atoms with E-state index in [1.54, 1.807) is 6.07 Å².